The zero-order valence-electron chi connectivity index (χ0n) is 12.1. The second-order valence-electron chi connectivity index (χ2n) is 4.87. The lowest BCUT2D eigenvalue weighted by molar-refractivity contribution is -0.118. The standard InChI is InChI=1S/C13H21N5O3/c1-20-7-5-16-13-15-4-2-12(17-13)21-10-3-6-18(8-10)9-11(14)19/h2,4,10H,3,5-9H2,1H3,(H2,14,19)(H,15,16,17). The van der Waals surface area contributed by atoms with Crippen LogP contribution in [0.5, 0.6) is 5.88 Å². The highest BCUT2D eigenvalue weighted by atomic mass is 16.5. The van der Waals surface area contributed by atoms with Gasteiger partial charge in [-0.05, 0) is 6.42 Å². The van der Waals surface area contributed by atoms with Crippen LogP contribution < -0.4 is 15.8 Å². The van der Waals surface area contributed by atoms with Crippen molar-refractivity contribution in [3.63, 3.8) is 0 Å². The molecule has 8 heteroatoms. The van der Waals surface area contributed by atoms with Gasteiger partial charge in [0.25, 0.3) is 0 Å². The highest BCUT2D eigenvalue weighted by molar-refractivity contribution is 5.75. The van der Waals surface area contributed by atoms with Crippen LogP contribution in [0, 0.1) is 0 Å². The molecule has 0 saturated carbocycles. The van der Waals surface area contributed by atoms with Crippen LogP contribution >= 0.6 is 0 Å². The van der Waals surface area contributed by atoms with E-state index < -0.39 is 0 Å². The number of hydrogen-bond donors (Lipinski definition) is 2. The summed E-state index contributed by atoms with van der Waals surface area (Å²) in [4.78, 5) is 21.3. The number of hydrogen-bond acceptors (Lipinski definition) is 7. The van der Waals surface area contributed by atoms with Gasteiger partial charge < -0.3 is 20.5 Å². The predicted octanol–water partition coefficient (Wildman–Crippen LogP) is -0.527. The molecule has 2 rings (SSSR count). The highest BCUT2D eigenvalue weighted by Gasteiger charge is 2.25. The lowest BCUT2D eigenvalue weighted by Crippen LogP contribution is -2.33. The summed E-state index contributed by atoms with van der Waals surface area (Å²) in [6.07, 6.45) is 2.52. The lowest BCUT2D eigenvalue weighted by atomic mass is 10.3. The van der Waals surface area contributed by atoms with E-state index in [0.717, 1.165) is 13.0 Å². The summed E-state index contributed by atoms with van der Waals surface area (Å²) in [5.74, 6) is 0.717. The number of primary amides is 1. The Morgan fingerprint density at radius 3 is 3.24 bits per heavy atom. The Morgan fingerprint density at radius 2 is 2.48 bits per heavy atom. The zero-order chi connectivity index (χ0) is 15.1. The van der Waals surface area contributed by atoms with Crippen LogP contribution in [0.15, 0.2) is 12.3 Å². The number of aromatic nitrogens is 2. The van der Waals surface area contributed by atoms with E-state index in [4.69, 9.17) is 15.2 Å². The molecule has 0 aliphatic carbocycles. The molecule has 1 aromatic heterocycles. The molecule has 1 aliphatic rings. The van der Waals surface area contributed by atoms with Crippen LogP contribution in [-0.2, 0) is 9.53 Å². The first kappa shape index (κ1) is 15.5. The quantitative estimate of drug-likeness (QED) is 0.622. The Kier molecular flexibility index (Phi) is 5.70. The second-order valence-corrected chi connectivity index (χ2v) is 4.87. The smallest absolute Gasteiger partial charge is 0.231 e. The maximum atomic E-state index is 10.9. The zero-order valence-corrected chi connectivity index (χ0v) is 12.1. The van der Waals surface area contributed by atoms with Crippen molar-refractivity contribution in [1.29, 1.82) is 0 Å². The molecule has 1 amide bonds. The number of nitrogens with one attached hydrogen (secondary N) is 1. The first-order chi connectivity index (χ1) is 10.2. The molecule has 1 saturated heterocycles. The fourth-order valence-corrected chi connectivity index (χ4v) is 2.19. The van der Waals surface area contributed by atoms with Gasteiger partial charge in [0.2, 0.25) is 17.7 Å². The number of carbonyl (C=O) groups is 1. The number of rotatable bonds is 8. The molecule has 0 spiro atoms. The molecule has 0 aromatic carbocycles. The van der Waals surface area contributed by atoms with Gasteiger partial charge in [0.05, 0.1) is 13.2 Å². The number of likely N-dealkylation sites (tertiary alicyclic amines) is 1. The molecule has 8 nitrogen and oxygen atoms in total. The van der Waals surface area contributed by atoms with Crippen LogP contribution in [-0.4, -0.2) is 66.8 Å². The molecule has 1 atom stereocenters. The number of anilines is 1. The number of methoxy groups -OCH3 is 1. The highest BCUT2D eigenvalue weighted by Crippen LogP contribution is 2.16. The minimum atomic E-state index is -0.317. The van der Waals surface area contributed by atoms with Gasteiger partial charge in [-0.25, -0.2) is 4.98 Å². The van der Waals surface area contributed by atoms with Crippen LogP contribution in [0.1, 0.15) is 6.42 Å². The van der Waals surface area contributed by atoms with Crippen molar-refractivity contribution in [2.75, 3.05) is 45.2 Å². The normalized spacial score (nSPS) is 18.6. The summed E-state index contributed by atoms with van der Waals surface area (Å²) in [7, 11) is 1.64. The molecular formula is C13H21N5O3. The minimum Gasteiger partial charge on any atom is -0.473 e. The van der Waals surface area contributed by atoms with Gasteiger partial charge in [0.1, 0.15) is 6.10 Å². The Labute approximate surface area is 123 Å². The number of carbonyl (C=O) groups excluding carboxylic acids is 1. The third-order valence-corrected chi connectivity index (χ3v) is 3.12. The van der Waals surface area contributed by atoms with E-state index in [-0.39, 0.29) is 18.6 Å². The van der Waals surface area contributed by atoms with Gasteiger partial charge >= 0.3 is 0 Å². The molecule has 0 radical (unpaired) electrons. The van der Waals surface area contributed by atoms with Crippen molar-refractivity contribution >= 4 is 11.9 Å². The molecule has 116 valence electrons. The molecule has 1 aromatic rings. The Bertz CT molecular complexity index is 471. The van der Waals surface area contributed by atoms with E-state index >= 15 is 0 Å². The van der Waals surface area contributed by atoms with Crippen LogP contribution in [0.3, 0.4) is 0 Å². The predicted molar refractivity (Wildman–Crippen MR) is 77.1 cm³/mol. The van der Waals surface area contributed by atoms with E-state index in [1.807, 2.05) is 4.90 Å². The topological polar surface area (TPSA) is 103 Å². The van der Waals surface area contributed by atoms with Gasteiger partial charge in [-0.1, -0.05) is 0 Å². The van der Waals surface area contributed by atoms with E-state index in [1.165, 1.54) is 0 Å². The van der Waals surface area contributed by atoms with Gasteiger partial charge in [0.15, 0.2) is 0 Å². The van der Waals surface area contributed by atoms with Gasteiger partial charge in [0, 0.05) is 39.0 Å². The van der Waals surface area contributed by atoms with E-state index in [1.54, 1.807) is 19.4 Å². The first-order valence-electron chi connectivity index (χ1n) is 6.90. The molecule has 3 N–H and O–H groups in total. The van der Waals surface area contributed by atoms with Crippen LogP contribution in [0.4, 0.5) is 5.95 Å². The van der Waals surface area contributed by atoms with E-state index in [9.17, 15) is 4.79 Å². The summed E-state index contributed by atoms with van der Waals surface area (Å²) in [5, 5.41) is 3.05. The molecular weight excluding hydrogens is 274 g/mol. The molecule has 1 aliphatic heterocycles. The Hall–Kier alpha value is -1.93. The molecule has 0 bridgehead atoms. The summed E-state index contributed by atoms with van der Waals surface area (Å²) in [6, 6.07) is 1.72. The van der Waals surface area contributed by atoms with Gasteiger partial charge in [-0.15, -0.1) is 0 Å². The fraction of sp³-hybridized carbons (Fsp3) is 0.615. The molecule has 2 heterocycles. The first-order valence-corrected chi connectivity index (χ1v) is 6.90. The van der Waals surface area contributed by atoms with Crippen molar-refractivity contribution in [3.8, 4) is 5.88 Å². The Morgan fingerprint density at radius 1 is 1.62 bits per heavy atom. The monoisotopic (exact) mass is 295 g/mol. The summed E-state index contributed by atoms with van der Waals surface area (Å²) in [5.41, 5.74) is 5.19. The maximum Gasteiger partial charge on any atom is 0.231 e. The SMILES string of the molecule is COCCNc1nccc(OC2CCN(CC(N)=O)C2)n1. The van der Waals surface area contributed by atoms with Crippen LogP contribution in [0.25, 0.3) is 0 Å². The lowest BCUT2D eigenvalue weighted by Gasteiger charge is -2.15. The average molecular weight is 295 g/mol. The number of ether oxygens (including phenoxy) is 2. The molecule has 1 fully saturated rings. The summed E-state index contributed by atoms with van der Waals surface area (Å²) >= 11 is 0. The van der Waals surface area contributed by atoms with Gasteiger partial charge in [-0.3, -0.25) is 9.69 Å². The largest absolute Gasteiger partial charge is 0.473 e. The third kappa shape index (κ3) is 5.16. The van der Waals surface area contributed by atoms with E-state index in [0.29, 0.717) is 31.5 Å². The third-order valence-electron chi connectivity index (χ3n) is 3.12. The maximum absolute atomic E-state index is 10.9. The van der Waals surface area contributed by atoms with Crippen molar-refractivity contribution < 1.29 is 14.3 Å². The van der Waals surface area contributed by atoms with E-state index in [2.05, 4.69) is 15.3 Å². The van der Waals surface area contributed by atoms with Crippen LogP contribution in [0.2, 0.25) is 0 Å². The molecule has 1 unspecified atom stereocenters. The second kappa shape index (κ2) is 7.75. The van der Waals surface area contributed by atoms with Crippen molar-refractivity contribution in [2.24, 2.45) is 5.73 Å². The minimum absolute atomic E-state index is 0.0195. The molecule has 21 heavy (non-hydrogen) atoms. The summed E-state index contributed by atoms with van der Waals surface area (Å²) < 4.78 is 10.8. The number of nitrogens with two attached hydrogens (primary N) is 1. The van der Waals surface area contributed by atoms with Crippen molar-refractivity contribution in [3.05, 3.63) is 12.3 Å². The number of amides is 1. The average Bonchev–Trinajstić information content (AvgIpc) is 2.86. The Balaban J connectivity index is 1.83. The fourth-order valence-electron chi connectivity index (χ4n) is 2.19. The van der Waals surface area contributed by atoms with Crippen molar-refractivity contribution in [1.82, 2.24) is 14.9 Å². The van der Waals surface area contributed by atoms with Gasteiger partial charge in [-0.2, -0.15) is 4.98 Å². The number of nitrogens with zero attached hydrogens (tertiary/aromatic N) is 3. The summed E-state index contributed by atoms with van der Waals surface area (Å²) in [6.45, 7) is 2.97. The van der Waals surface area contributed by atoms with Crippen molar-refractivity contribution in [2.45, 2.75) is 12.5 Å².